The van der Waals surface area contributed by atoms with E-state index in [4.69, 9.17) is 4.42 Å². The van der Waals surface area contributed by atoms with Gasteiger partial charge in [-0.15, -0.1) is 0 Å². The average molecular weight is 394 g/mol. The highest BCUT2D eigenvalue weighted by Gasteiger charge is 2.13. The van der Waals surface area contributed by atoms with Crippen molar-refractivity contribution in [3.8, 4) is 5.75 Å². The SMILES string of the molecule is O=C(NCCNC(=O)c1ncccc1O)c1cccc(NC(=O)c2ccco2)c1. The molecule has 148 valence electrons. The van der Waals surface area contributed by atoms with Crippen molar-refractivity contribution in [2.75, 3.05) is 18.4 Å². The molecule has 0 aliphatic heterocycles. The molecule has 1 aromatic carbocycles. The minimum Gasteiger partial charge on any atom is -0.505 e. The number of pyridine rings is 1. The molecule has 3 aromatic rings. The van der Waals surface area contributed by atoms with Crippen molar-refractivity contribution in [2.24, 2.45) is 0 Å². The second-order valence-corrected chi connectivity index (χ2v) is 5.90. The molecule has 3 rings (SSSR count). The van der Waals surface area contributed by atoms with E-state index in [9.17, 15) is 19.5 Å². The number of carbonyl (C=O) groups excluding carboxylic acids is 3. The molecule has 0 saturated heterocycles. The van der Waals surface area contributed by atoms with Crippen LogP contribution in [-0.4, -0.2) is 40.9 Å². The average Bonchev–Trinajstić information content (AvgIpc) is 3.26. The Morgan fingerprint density at radius 3 is 2.45 bits per heavy atom. The number of aromatic nitrogens is 1. The smallest absolute Gasteiger partial charge is 0.291 e. The van der Waals surface area contributed by atoms with Gasteiger partial charge in [-0.2, -0.15) is 0 Å². The van der Waals surface area contributed by atoms with Crippen LogP contribution >= 0.6 is 0 Å². The first-order valence-corrected chi connectivity index (χ1v) is 8.70. The lowest BCUT2D eigenvalue weighted by Gasteiger charge is -2.09. The van der Waals surface area contributed by atoms with E-state index in [0.29, 0.717) is 11.3 Å². The number of nitrogens with zero attached hydrogens (tertiary/aromatic N) is 1. The van der Waals surface area contributed by atoms with Gasteiger partial charge in [0.05, 0.1) is 6.26 Å². The molecule has 0 aliphatic rings. The van der Waals surface area contributed by atoms with Gasteiger partial charge in [0.15, 0.2) is 11.5 Å². The summed E-state index contributed by atoms with van der Waals surface area (Å²) in [5.41, 5.74) is 0.702. The van der Waals surface area contributed by atoms with Crippen molar-refractivity contribution in [1.29, 1.82) is 0 Å². The van der Waals surface area contributed by atoms with E-state index in [2.05, 4.69) is 20.9 Å². The molecule has 29 heavy (non-hydrogen) atoms. The number of aromatic hydroxyl groups is 1. The quantitative estimate of drug-likeness (QED) is 0.452. The minimum absolute atomic E-state index is 0.0844. The van der Waals surface area contributed by atoms with Gasteiger partial charge in [0.2, 0.25) is 0 Å². The van der Waals surface area contributed by atoms with Crippen LogP contribution in [0.2, 0.25) is 0 Å². The molecule has 0 saturated carbocycles. The third kappa shape index (κ3) is 5.19. The van der Waals surface area contributed by atoms with Crippen LogP contribution in [0.4, 0.5) is 5.69 Å². The van der Waals surface area contributed by atoms with Crippen molar-refractivity contribution in [3.05, 3.63) is 78.0 Å². The lowest BCUT2D eigenvalue weighted by Crippen LogP contribution is -2.35. The predicted molar refractivity (Wildman–Crippen MR) is 104 cm³/mol. The van der Waals surface area contributed by atoms with Crippen LogP contribution in [0, 0.1) is 0 Å². The van der Waals surface area contributed by atoms with E-state index in [1.807, 2.05) is 0 Å². The predicted octanol–water partition coefficient (Wildman–Crippen LogP) is 1.79. The number of carbonyl (C=O) groups is 3. The Kier molecular flexibility index (Phi) is 6.21. The molecular weight excluding hydrogens is 376 g/mol. The second kappa shape index (κ2) is 9.18. The van der Waals surface area contributed by atoms with Gasteiger partial charge in [-0.05, 0) is 42.5 Å². The van der Waals surface area contributed by atoms with Crippen LogP contribution in [0.1, 0.15) is 31.4 Å². The molecule has 2 aromatic heterocycles. The van der Waals surface area contributed by atoms with Crippen LogP contribution in [0.5, 0.6) is 5.75 Å². The number of furan rings is 1. The van der Waals surface area contributed by atoms with E-state index >= 15 is 0 Å². The van der Waals surface area contributed by atoms with E-state index in [-0.39, 0.29) is 36.2 Å². The molecule has 9 heteroatoms. The van der Waals surface area contributed by atoms with E-state index < -0.39 is 11.8 Å². The number of benzene rings is 1. The molecule has 0 spiro atoms. The van der Waals surface area contributed by atoms with Crippen molar-refractivity contribution >= 4 is 23.4 Å². The fourth-order valence-electron chi connectivity index (χ4n) is 2.45. The summed E-state index contributed by atoms with van der Waals surface area (Å²) in [6, 6.07) is 12.4. The number of rotatable bonds is 7. The highest BCUT2D eigenvalue weighted by Crippen LogP contribution is 2.13. The number of hydrogen-bond acceptors (Lipinski definition) is 6. The number of nitrogens with one attached hydrogen (secondary N) is 3. The number of amides is 3. The summed E-state index contributed by atoms with van der Waals surface area (Å²) in [6.07, 6.45) is 2.79. The van der Waals surface area contributed by atoms with Gasteiger partial charge in [-0.3, -0.25) is 14.4 Å². The van der Waals surface area contributed by atoms with E-state index in [1.54, 1.807) is 24.3 Å². The van der Waals surface area contributed by atoms with Crippen LogP contribution < -0.4 is 16.0 Å². The van der Waals surface area contributed by atoms with Gasteiger partial charge in [0.1, 0.15) is 5.75 Å². The fourth-order valence-corrected chi connectivity index (χ4v) is 2.45. The molecule has 0 atom stereocenters. The Hall–Kier alpha value is -4.14. The summed E-state index contributed by atoms with van der Waals surface area (Å²) < 4.78 is 5.02. The van der Waals surface area contributed by atoms with Crippen LogP contribution in [0.3, 0.4) is 0 Å². The van der Waals surface area contributed by atoms with Crippen molar-refractivity contribution in [3.63, 3.8) is 0 Å². The van der Waals surface area contributed by atoms with Gasteiger partial charge in [0, 0.05) is 30.5 Å². The molecule has 0 fully saturated rings. The van der Waals surface area contributed by atoms with Crippen molar-refractivity contribution < 1.29 is 23.9 Å². The molecular formula is C20H18N4O5. The van der Waals surface area contributed by atoms with Gasteiger partial charge >= 0.3 is 0 Å². The largest absolute Gasteiger partial charge is 0.505 e. The molecule has 0 unspecified atom stereocenters. The summed E-state index contributed by atoms with van der Waals surface area (Å²) >= 11 is 0. The Morgan fingerprint density at radius 2 is 1.72 bits per heavy atom. The summed E-state index contributed by atoms with van der Waals surface area (Å²) in [5.74, 6) is -1.39. The molecule has 4 N–H and O–H groups in total. The summed E-state index contributed by atoms with van der Waals surface area (Å²) in [6.45, 7) is 0.316. The minimum atomic E-state index is -0.542. The highest BCUT2D eigenvalue weighted by molar-refractivity contribution is 6.03. The maximum Gasteiger partial charge on any atom is 0.291 e. The Labute approximate surface area is 165 Å². The summed E-state index contributed by atoms with van der Waals surface area (Å²) in [7, 11) is 0. The topological polar surface area (TPSA) is 134 Å². The number of anilines is 1. The van der Waals surface area contributed by atoms with Gasteiger partial charge in [-0.25, -0.2) is 4.98 Å². The van der Waals surface area contributed by atoms with E-state index in [1.165, 1.54) is 36.7 Å². The fraction of sp³-hybridized carbons (Fsp3) is 0.100. The zero-order valence-electron chi connectivity index (χ0n) is 15.2. The standard InChI is InChI=1S/C20H18N4O5/c25-15-6-2-8-21-17(15)20(28)23-10-9-22-18(26)13-4-1-5-14(12-13)24-19(27)16-7-3-11-29-16/h1-8,11-12,25H,9-10H2,(H,22,26)(H,23,28)(H,24,27). The Balaban J connectivity index is 1.49. The van der Waals surface area contributed by atoms with Crippen molar-refractivity contribution in [2.45, 2.75) is 0 Å². The Morgan fingerprint density at radius 1 is 0.931 bits per heavy atom. The first-order valence-electron chi connectivity index (χ1n) is 8.70. The zero-order valence-corrected chi connectivity index (χ0v) is 15.2. The first kappa shape index (κ1) is 19.6. The molecule has 2 heterocycles. The molecule has 3 amide bonds. The van der Waals surface area contributed by atoms with Gasteiger partial charge in [-0.1, -0.05) is 6.07 Å². The molecule has 0 bridgehead atoms. The van der Waals surface area contributed by atoms with Gasteiger partial charge in [0.25, 0.3) is 17.7 Å². The van der Waals surface area contributed by atoms with E-state index in [0.717, 1.165) is 0 Å². The third-order valence-corrected chi connectivity index (χ3v) is 3.83. The van der Waals surface area contributed by atoms with Crippen LogP contribution in [0.15, 0.2) is 65.4 Å². The third-order valence-electron chi connectivity index (χ3n) is 3.83. The van der Waals surface area contributed by atoms with Gasteiger partial charge < -0.3 is 25.5 Å². The zero-order chi connectivity index (χ0) is 20.6. The normalized spacial score (nSPS) is 10.2. The van der Waals surface area contributed by atoms with Crippen molar-refractivity contribution in [1.82, 2.24) is 15.6 Å². The summed E-state index contributed by atoms with van der Waals surface area (Å²) in [5, 5.41) is 17.5. The highest BCUT2D eigenvalue weighted by atomic mass is 16.3. The van der Waals surface area contributed by atoms with Crippen LogP contribution in [0.25, 0.3) is 0 Å². The lowest BCUT2D eigenvalue weighted by molar-refractivity contribution is 0.0923. The summed E-state index contributed by atoms with van der Waals surface area (Å²) in [4.78, 5) is 40.0. The van der Waals surface area contributed by atoms with Crippen LogP contribution in [-0.2, 0) is 0 Å². The first-order chi connectivity index (χ1) is 14.0. The maximum absolute atomic E-state index is 12.3. The Bertz CT molecular complexity index is 1020. The lowest BCUT2D eigenvalue weighted by atomic mass is 10.2. The maximum atomic E-state index is 12.3. The molecule has 0 radical (unpaired) electrons. The molecule has 9 nitrogen and oxygen atoms in total. The second-order valence-electron chi connectivity index (χ2n) is 5.90. The molecule has 0 aliphatic carbocycles. The number of hydrogen-bond donors (Lipinski definition) is 4. The monoisotopic (exact) mass is 394 g/mol.